The van der Waals surface area contributed by atoms with Crippen molar-refractivity contribution in [1.29, 1.82) is 0 Å². The summed E-state index contributed by atoms with van der Waals surface area (Å²) in [5.41, 5.74) is 1.00. The number of carbonyl (C=O) groups is 1. The highest BCUT2D eigenvalue weighted by Crippen LogP contribution is 2.32. The van der Waals surface area contributed by atoms with Gasteiger partial charge in [0.15, 0.2) is 5.13 Å². The van der Waals surface area contributed by atoms with Crippen molar-refractivity contribution in [3.8, 4) is 5.75 Å². The first-order valence-corrected chi connectivity index (χ1v) is 12.7. The maximum absolute atomic E-state index is 12.6. The number of carbonyl (C=O) groups excluding carboxylic acids is 1. The minimum absolute atomic E-state index is 0.252. The zero-order chi connectivity index (χ0) is 21.6. The van der Waals surface area contributed by atoms with Gasteiger partial charge < -0.3 is 14.5 Å². The Kier molecular flexibility index (Phi) is 7.58. The monoisotopic (exact) mass is 475 g/mol. The predicted octanol–water partition coefficient (Wildman–Crippen LogP) is 5.57. The number of benzene rings is 2. The van der Waals surface area contributed by atoms with E-state index in [1.54, 1.807) is 23.1 Å². The molecule has 0 unspecified atom stereocenters. The van der Waals surface area contributed by atoms with Crippen molar-refractivity contribution in [3.05, 3.63) is 47.5 Å². The molecular formula is C23H26ClN3O2S2. The Morgan fingerprint density at radius 3 is 2.68 bits per heavy atom. The summed E-state index contributed by atoms with van der Waals surface area (Å²) in [5, 5.41) is 1.77. The van der Waals surface area contributed by atoms with Gasteiger partial charge in [-0.1, -0.05) is 22.9 Å². The zero-order valence-electron chi connectivity index (χ0n) is 17.6. The Balaban J connectivity index is 1.23. The summed E-state index contributed by atoms with van der Waals surface area (Å²) < 4.78 is 6.73. The third kappa shape index (κ3) is 5.84. The van der Waals surface area contributed by atoms with E-state index in [1.165, 1.54) is 4.90 Å². The van der Waals surface area contributed by atoms with E-state index in [-0.39, 0.29) is 5.91 Å². The lowest BCUT2D eigenvalue weighted by Gasteiger charge is -2.34. The van der Waals surface area contributed by atoms with E-state index in [2.05, 4.69) is 11.0 Å². The molecule has 1 aliphatic rings. The van der Waals surface area contributed by atoms with E-state index in [9.17, 15) is 4.79 Å². The van der Waals surface area contributed by atoms with Crippen molar-refractivity contribution in [1.82, 2.24) is 9.88 Å². The minimum Gasteiger partial charge on any atom is -0.494 e. The molecule has 1 saturated heterocycles. The maximum Gasteiger partial charge on any atom is 0.222 e. The molecule has 2 aromatic carbocycles. The number of thioether (sulfide) groups is 1. The summed E-state index contributed by atoms with van der Waals surface area (Å²) in [6.07, 6.45) is 1.48. The van der Waals surface area contributed by atoms with Crippen molar-refractivity contribution >= 4 is 56.0 Å². The summed E-state index contributed by atoms with van der Waals surface area (Å²) in [4.78, 5) is 22.8. The largest absolute Gasteiger partial charge is 0.494 e. The van der Waals surface area contributed by atoms with E-state index < -0.39 is 0 Å². The molecule has 0 N–H and O–H groups in total. The quantitative estimate of drug-likeness (QED) is 0.315. The average molecular weight is 476 g/mol. The van der Waals surface area contributed by atoms with Gasteiger partial charge in [0.05, 0.1) is 16.8 Å². The van der Waals surface area contributed by atoms with Gasteiger partial charge in [0, 0.05) is 42.5 Å². The molecule has 1 amide bonds. The van der Waals surface area contributed by atoms with Crippen LogP contribution >= 0.6 is 34.7 Å². The van der Waals surface area contributed by atoms with Crippen molar-refractivity contribution in [2.45, 2.75) is 24.7 Å². The van der Waals surface area contributed by atoms with Gasteiger partial charge in [-0.05, 0) is 61.6 Å². The molecule has 4 rings (SSSR count). The Morgan fingerprint density at radius 2 is 1.94 bits per heavy atom. The van der Waals surface area contributed by atoms with Crippen molar-refractivity contribution in [3.63, 3.8) is 0 Å². The van der Waals surface area contributed by atoms with Crippen LogP contribution in [-0.4, -0.2) is 54.3 Å². The van der Waals surface area contributed by atoms with E-state index in [0.29, 0.717) is 13.0 Å². The number of rotatable bonds is 8. The van der Waals surface area contributed by atoms with Gasteiger partial charge in [-0.25, -0.2) is 4.98 Å². The highest BCUT2D eigenvalue weighted by molar-refractivity contribution is 7.99. The summed E-state index contributed by atoms with van der Waals surface area (Å²) in [6, 6.07) is 13.9. The van der Waals surface area contributed by atoms with Crippen LogP contribution in [0.5, 0.6) is 5.75 Å². The third-order valence-electron chi connectivity index (χ3n) is 5.18. The molecule has 0 atom stereocenters. The standard InChI is InChI=1S/C23H26ClN3O2S2/c1-2-29-18-7-10-20-21(16-18)31-23(25-20)27-13-11-26(12-14-27)22(28)4-3-15-30-19-8-5-17(24)6-9-19/h5-10,16H,2-4,11-15H2,1H3. The number of aromatic nitrogens is 1. The number of halogens is 1. The van der Waals surface area contributed by atoms with Crippen LogP contribution in [0.3, 0.4) is 0 Å². The number of anilines is 1. The summed E-state index contributed by atoms with van der Waals surface area (Å²) in [6.45, 7) is 5.80. The molecule has 0 saturated carbocycles. The fourth-order valence-corrected chi connectivity index (χ4v) is 5.56. The van der Waals surface area contributed by atoms with Gasteiger partial charge in [-0.15, -0.1) is 11.8 Å². The average Bonchev–Trinajstić information content (AvgIpc) is 3.21. The molecule has 164 valence electrons. The second kappa shape index (κ2) is 10.6. The zero-order valence-corrected chi connectivity index (χ0v) is 19.9. The number of nitrogens with zero attached hydrogens (tertiary/aromatic N) is 3. The van der Waals surface area contributed by atoms with Gasteiger partial charge in [-0.2, -0.15) is 0 Å². The molecule has 0 radical (unpaired) electrons. The third-order valence-corrected chi connectivity index (χ3v) is 7.61. The number of ether oxygens (including phenoxy) is 1. The molecule has 0 spiro atoms. The second-order valence-electron chi connectivity index (χ2n) is 7.33. The van der Waals surface area contributed by atoms with Gasteiger partial charge in [0.2, 0.25) is 5.91 Å². The lowest BCUT2D eigenvalue weighted by Crippen LogP contribution is -2.48. The van der Waals surface area contributed by atoms with Crippen LogP contribution in [0, 0.1) is 0 Å². The van der Waals surface area contributed by atoms with Crippen LogP contribution in [0.2, 0.25) is 5.02 Å². The van der Waals surface area contributed by atoms with E-state index >= 15 is 0 Å². The Labute approximate surface area is 196 Å². The smallest absolute Gasteiger partial charge is 0.222 e. The van der Waals surface area contributed by atoms with Gasteiger partial charge in [0.1, 0.15) is 5.75 Å². The Morgan fingerprint density at radius 1 is 1.16 bits per heavy atom. The summed E-state index contributed by atoms with van der Waals surface area (Å²) in [7, 11) is 0. The molecular weight excluding hydrogens is 450 g/mol. The number of piperazine rings is 1. The fraction of sp³-hybridized carbons (Fsp3) is 0.391. The number of amides is 1. The normalized spacial score (nSPS) is 14.3. The van der Waals surface area contributed by atoms with Crippen molar-refractivity contribution < 1.29 is 9.53 Å². The second-order valence-corrected chi connectivity index (χ2v) is 9.95. The highest BCUT2D eigenvalue weighted by Gasteiger charge is 2.23. The topological polar surface area (TPSA) is 45.7 Å². The molecule has 1 aliphatic heterocycles. The maximum atomic E-state index is 12.6. The first-order chi connectivity index (χ1) is 15.1. The van der Waals surface area contributed by atoms with Crippen LogP contribution in [0.1, 0.15) is 19.8 Å². The molecule has 0 bridgehead atoms. The predicted molar refractivity (Wildman–Crippen MR) is 131 cm³/mol. The van der Waals surface area contributed by atoms with Gasteiger partial charge in [0.25, 0.3) is 0 Å². The van der Waals surface area contributed by atoms with Crippen molar-refractivity contribution in [2.24, 2.45) is 0 Å². The molecule has 8 heteroatoms. The Bertz CT molecular complexity index is 1020. The first kappa shape index (κ1) is 22.2. The molecule has 3 aromatic rings. The van der Waals surface area contributed by atoms with Crippen LogP contribution in [0.25, 0.3) is 10.2 Å². The molecule has 1 fully saturated rings. The number of hydrogen-bond donors (Lipinski definition) is 0. The van der Waals surface area contributed by atoms with Crippen LogP contribution in [0.15, 0.2) is 47.4 Å². The first-order valence-electron chi connectivity index (χ1n) is 10.6. The fourth-order valence-electron chi connectivity index (χ4n) is 3.53. The van der Waals surface area contributed by atoms with Crippen LogP contribution in [0.4, 0.5) is 5.13 Å². The molecule has 1 aromatic heterocycles. The number of thiazole rings is 1. The molecule has 5 nitrogen and oxygen atoms in total. The van der Waals surface area contributed by atoms with E-state index in [0.717, 1.165) is 64.5 Å². The summed E-state index contributed by atoms with van der Waals surface area (Å²) in [5.74, 6) is 2.07. The summed E-state index contributed by atoms with van der Waals surface area (Å²) >= 11 is 9.37. The lowest BCUT2D eigenvalue weighted by atomic mass is 10.2. The van der Waals surface area contributed by atoms with Crippen LogP contribution < -0.4 is 9.64 Å². The van der Waals surface area contributed by atoms with Crippen LogP contribution in [-0.2, 0) is 4.79 Å². The molecule has 31 heavy (non-hydrogen) atoms. The number of fused-ring (bicyclic) bond motifs is 1. The van der Waals surface area contributed by atoms with E-state index in [1.807, 2.05) is 48.2 Å². The van der Waals surface area contributed by atoms with Gasteiger partial charge >= 0.3 is 0 Å². The van der Waals surface area contributed by atoms with Crippen molar-refractivity contribution in [2.75, 3.05) is 43.4 Å². The highest BCUT2D eigenvalue weighted by atomic mass is 35.5. The van der Waals surface area contributed by atoms with Gasteiger partial charge in [-0.3, -0.25) is 4.79 Å². The molecule has 2 heterocycles. The SMILES string of the molecule is CCOc1ccc2nc(N3CCN(C(=O)CCCSc4ccc(Cl)cc4)CC3)sc2c1. The Hall–Kier alpha value is -1.96. The molecule has 0 aliphatic carbocycles. The van der Waals surface area contributed by atoms with E-state index in [4.69, 9.17) is 21.3 Å². The lowest BCUT2D eigenvalue weighted by molar-refractivity contribution is -0.131. The number of hydrogen-bond acceptors (Lipinski definition) is 6. The minimum atomic E-state index is 0.252.